The van der Waals surface area contributed by atoms with Crippen molar-refractivity contribution in [1.82, 2.24) is 0 Å². The van der Waals surface area contributed by atoms with Crippen LogP contribution in [0.2, 0.25) is 0 Å². The van der Waals surface area contributed by atoms with Gasteiger partial charge in [0, 0.05) is 16.8 Å². The van der Waals surface area contributed by atoms with Crippen molar-refractivity contribution in [1.29, 1.82) is 0 Å². The number of thioether (sulfide) groups is 1. The summed E-state index contributed by atoms with van der Waals surface area (Å²) in [6.07, 6.45) is 0.559. The molecule has 2 nitrogen and oxygen atoms in total. The number of hydrogen-bond donors (Lipinski definition) is 1. The van der Waals surface area contributed by atoms with E-state index in [1.165, 1.54) is 6.07 Å². The zero-order valence-corrected chi connectivity index (χ0v) is 11.8. The van der Waals surface area contributed by atoms with E-state index in [2.05, 4.69) is 6.92 Å². The molecule has 0 aromatic heterocycles. The Morgan fingerprint density at radius 1 is 1.50 bits per heavy atom. The highest BCUT2D eigenvalue weighted by molar-refractivity contribution is 8.00. The second-order valence-corrected chi connectivity index (χ2v) is 6.12. The molecule has 1 fully saturated rings. The van der Waals surface area contributed by atoms with Crippen LogP contribution >= 0.6 is 11.8 Å². The van der Waals surface area contributed by atoms with Crippen LogP contribution in [0.4, 0.5) is 4.39 Å². The molecule has 3 unspecified atom stereocenters. The van der Waals surface area contributed by atoms with Crippen LogP contribution in [0.1, 0.15) is 37.5 Å². The molecule has 0 saturated carbocycles. The maximum Gasteiger partial charge on any atom is 0.126 e. The SMILES string of the molecule is Cc1cc(SC2CCOC2C)c(C(C)O)cc1F. The number of aryl methyl sites for hydroxylation is 1. The Kier molecular flexibility index (Phi) is 4.30. The van der Waals surface area contributed by atoms with Gasteiger partial charge in [-0.15, -0.1) is 11.8 Å². The Balaban J connectivity index is 2.28. The first-order chi connectivity index (χ1) is 8.49. The maximum absolute atomic E-state index is 13.6. The monoisotopic (exact) mass is 270 g/mol. The Morgan fingerprint density at radius 3 is 2.78 bits per heavy atom. The van der Waals surface area contributed by atoms with E-state index >= 15 is 0 Å². The fourth-order valence-corrected chi connectivity index (χ4v) is 3.55. The van der Waals surface area contributed by atoms with Gasteiger partial charge < -0.3 is 9.84 Å². The van der Waals surface area contributed by atoms with Gasteiger partial charge in [0.1, 0.15) is 5.82 Å². The molecule has 4 heteroatoms. The predicted octanol–water partition coefficient (Wildman–Crippen LogP) is 3.46. The molecular formula is C14H19FO2S. The Hall–Kier alpha value is -0.580. The van der Waals surface area contributed by atoms with Crippen LogP contribution < -0.4 is 0 Å². The van der Waals surface area contributed by atoms with E-state index in [9.17, 15) is 9.50 Å². The maximum atomic E-state index is 13.6. The smallest absolute Gasteiger partial charge is 0.126 e. The normalized spacial score (nSPS) is 25.4. The van der Waals surface area contributed by atoms with Crippen LogP contribution in [0.15, 0.2) is 17.0 Å². The predicted molar refractivity (Wildman–Crippen MR) is 71.4 cm³/mol. The number of halogens is 1. The molecule has 1 aliphatic rings. The van der Waals surface area contributed by atoms with Crippen molar-refractivity contribution in [2.75, 3.05) is 6.61 Å². The highest BCUT2D eigenvalue weighted by atomic mass is 32.2. The van der Waals surface area contributed by atoms with Gasteiger partial charge in [-0.05, 0) is 50.5 Å². The minimum atomic E-state index is -0.653. The third kappa shape index (κ3) is 2.87. The first-order valence-corrected chi connectivity index (χ1v) is 7.13. The number of ether oxygens (including phenoxy) is 1. The van der Waals surface area contributed by atoms with Crippen LogP contribution in [0.5, 0.6) is 0 Å². The molecule has 1 heterocycles. The molecule has 3 atom stereocenters. The van der Waals surface area contributed by atoms with Gasteiger partial charge >= 0.3 is 0 Å². The third-order valence-corrected chi connectivity index (χ3v) is 4.86. The number of benzene rings is 1. The fraction of sp³-hybridized carbons (Fsp3) is 0.571. The van der Waals surface area contributed by atoms with Crippen molar-refractivity contribution in [2.45, 2.75) is 49.5 Å². The largest absolute Gasteiger partial charge is 0.389 e. The van der Waals surface area contributed by atoms with Crippen LogP contribution in [0.3, 0.4) is 0 Å². The Morgan fingerprint density at radius 2 is 2.22 bits per heavy atom. The molecule has 18 heavy (non-hydrogen) atoms. The molecule has 2 rings (SSSR count). The van der Waals surface area contributed by atoms with Gasteiger partial charge in [-0.2, -0.15) is 0 Å². The molecule has 100 valence electrons. The van der Waals surface area contributed by atoms with E-state index in [0.717, 1.165) is 17.9 Å². The van der Waals surface area contributed by atoms with Crippen molar-refractivity contribution in [3.05, 3.63) is 29.1 Å². The summed E-state index contributed by atoms with van der Waals surface area (Å²) in [6.45, 7) is 6.26. The first-order valence-electron chi connectivity index (χ1n) is 6.25. The highest BCUT2D eigenvalue weighted by Crippen LogP contribution is 2.37. The summed E-state index contributed by atoms with van der Waals surface area (Å²) in [6, 6.07) is 3.27. The lowest BCUT2D eigenvalue weighted by Gasteiger charge is -2.18. The zero-order valence-electron chi connectivity index (χ0n) is 10.9. The lowest BCUT2D eigenvalue weighted by atomic mass is 10.1. The summed E-state index contributed by atoms with van der Waals surface area (Å²) in [7, 11) is 0. The minimum Gasteiger partial charge on any atom is -0.389 e. The zero-order chi connectivity index (χ0) is 13.3. The number of aliphatic hydroxyl groups excluding tert-OH is 1. The molecule has 0 spiro atoms. The van der Waals surface area contributed by atoms with Crippen LogP contribution in [-0.2, 0) is 4.74 Å². The summed E-state index contributed by atoms with van der Waals surface area (Å²) in [5.41, 5.74) is 1.29. The Labute approximate surface area is 112 Å². The number of hydrogen-bond acceptors (Lipinski definition) is 3. The Bertz CT molecular complexity index is 434. The summed E-state index contributed by atoms with van der Waals surface area (Å²) < 4.78 is 19.1. The van der Waals surface area contributed by atoms with Crippen LogP contribution in [0.25, 0.3) is 0 Å². The first kappa shape index (κ1) is 13.8. The van der Waals surface area contributed by atoms with Gasteiger partial charge in [-0.3, -0.25) is 0 Å². The number of aliphatic hydroxyl groups is 1. The van der Waals surface area contributed by atoms with E-state index in [4.69, 9.17) is 4.74 Å². The average Bonchev–Trinajstić information content (AvgIpc) is 2.69. The van der Waals surface area contributed by atoms with Crippen molar-refractivity contribution in [3.8, 4) is 0 Å². The van der Waals surface area contributed by atoms with Gasteiger partial charge in [-0.1, -0.05) is 0 Å². The van der Waals surface area contributed by atoms with Gasteiger partial charge in [-0.25, -0.2) is 4.39 Å². The molecule has 1 aromatic rings. The van der Waals surface area contributed by atoms with Crippen molar-refractivity contribution >= 4 is 11.8 Å². The second-order valence-electron chi connectivity index (χ2n) is 4.84. The third-order valence-electron chi connectivity index (χ3n) is 3.33. The average molecular weight is 270 g/mol. The van der Waals surface area contributed by atoms with Gasteiger partial charge in [0.15, 0.2) is 0 Å². The molecular weight excluding hydrogens is 251 g/mol. The van der Waals surface area contributed by atoms with E-state index < -0.39 is 6.10 Å². The molecule has 1 aromatic carbocycles. The quantitative estimate of drug-likeness (QED) is 0.912. The van der Waals surface area contributed by atoms with Crippen LogP contribution in [0, 0.1) is 12.7 Å². The lowest BCUT2D eigenvalue weighted by molar-refractivity contribution is 0.127. The fourth-order valence-electron chi connectivity index (χ4n) is 2.13. The highest BCUT2D eigenvalue weighted by Gasteiger charge is 2.26. The van der Waals surface area contributed by atoms with E-state index in [1.54, 1.807) is 25.6 Å². The molecule has 0 bridgehead atoms. The van der Waals surface area contributed by atoms with E-state index in [-0.39, 0.29) is 11.9 Å². The molecule has 1 aliphatic heterocycles. The summed E-state index contributed by atoms with van der Waals surface area (Å²) in [5.74, 6) is -0.258. The topological polar surface area (TPSA) is 29.5 Å². The molecule has 1 N–H and O–H groups in total. The van der Waals surface area contributed by atoms with Gasteiger partial charge in [0.05, 0.1) is 12.2 Å². The van der Waals surface area contributed by atoms with E-state index in [1.807, 2.05) is 6.07 Å². The molecule has 0 amide bonds. The summed E-state index contributed by atoms with van der Waals surface area (Å²) in [4.78, 5) is 0.964. The van der Waals surface area contributed by atoms with Gasteiger partial charge in [0.2, 0.25) is 0 Å². The van der Waals surface area contributed by atoms with Crippen molar-refractivity contribution in [3.63, 3.8) is 0 Å². The van der Waals surface area contributed by atoms with Crippen molar-refractivity contribution < 1.29 is 14.2 Å². The molecule has 0 radical (unpaired) electrons. The van der Waals surface area contributed by atoms with Crippen LogP contribution in [-0.4, -0.2) is 23.1 Å². The van der Waals surface area contributed by atoms with E-state index in [0.29, 0.717) is 16.4 Å². The minimum absolute atomic E-state index is 0.210. The second kappa shape index (κ2) is 5.59. The standard InChI is InChI=1S/C14H19FO2S/c1-8-6-14(11(9(2)16)7-12(8)15)18-13-4-5-17-10(13)3/h6-7,9-10,13,16H,4-5H2,1-3H3. The summed E-state index contributed by atoms with van der Waals surface area (Å²) in [5, 5.41) is 10.1. The van der Waals surface area contributed by atoms with Crippen molar-refractivity contribution in [2.24, 2.45) is 0 Å². The summed E-state index contributed by atoms with van der Waals surface area (Å²) >= 11 is 1.69. The lowest BCUT2D eigenvalue weighted by Crippen LogP contribution is -2.13. The molecule has 0 aliphatic carbocycles. The molecule has 1 saturated heterocycles. The number of rotatable bonds is 3. The van der Waals surface area contributed by atoms with Gasteiger partial charge in [0.25, 0.3) is 0 Å².